The third kappa shape index (κ3) is 4.51. The maximum Gasteiger partial charge on any atom is 0.189 e. The van der Waals surface area contributed by atoms with E-state index in [0.717, 1.165) is 34.9 Å². The van der Waals surface area contributed by atoms with E-state index in [1.807, 2.05) is 30.9 Å². The molecule has 1 aromatic rings. The first-order valence-corrected chi connectivity index (χ1v) is 7.12. The molecule has 0 heterocycles. The van der Waals surface area contributed by atoms with Gasteiger partial charge in [-0.3, -0.25) is 0 Å². The van der Waals surface area contributed by atoms with Crippen molar-refractivity contribution in [2.24, 2.45) is 0 Å². The van der Waals surface area contributed by atoms with Gasteiger partial charge in [-0.05, 0) is 44.5 Å². The largest absolute Gasteiger partial charge is 0.480 e. The van der Waals surface area contributed by atoms with E-state index < -0.39 is 0 Å². The highest BCUT2D eigenvalue weighted by Gasteiger charge is 2.22. The van der Waals surface area contributed by atoms with Crippen LogP contribution in [0.25, 0.3) is 0 Å². The summed E-state index contributed by atoms with van der Waals surface area (Å²) in [6.07, 6.45) is 1.20. The molecule has 1 aromatic carbocycles. The zero-order valence-corrected chi connectivity index (χ0v) is 12.4. The van der Waals surface area contributed by atoms with Gasteiger partial charge in [0.2, 0.25) is 0 Å². The number of quaternary nitrogens is 1. The molecule has 18 heavy (non-hydrogen) atoms. The molecule has 0 saturated heterocycles. The Kier molecular flexibility index (Phi) is 6.51. The molecule has 101 valence electrons. The molecule has 1 radical (unpaired) electrons. The molecular formula is C15H24ClNO+. The first-order valence-electron chi connectivity index (χ1n) is 6.74. The van der Waals surface area contributed by atoms with Gasteiger partial charge in [-0.2, -0.15) is 0 Å². The molecule has 0 aliphatic carbocycles. The van der Waals surface area contributed by atoms with Gasteiger partial charge in [-0.1, -0.05) is 18.5 Å². The fourth-order valence-electron chi connectivity index (χ4n) is 2.17. The minimum Gasteiger partial charge on any atom is -0.480 e. The van der Waals surface area contributed by atoms with Gasteiger partial charge < -0.3 is 9.22 Å². The molecule has 0 fully saturated rings. The van der Waals surface area contributed by atoms with Crippen LogP contribution in [0.4, 0.5) is 0 Å². The molecule has 0 aliphatic heterocycles. The Morgan fingerprint density at radius 1 is 1.11 bits per heavy atom. The highest BCUT2D eigenvalue weighted by Crippen LogP contribution is 2.17. The van der Waals surface area contributed by atoms with Gasteiger partial charge in [-0.25, -0.2) is 0 Å². The fraction of sp³-hybridized carbons (Fsp3) is 0.533. The average molecular weight is 270 g/mol. The topological polar surface area (TPSA) is 9.23 Å². The summed E-state index contributed by atoms with van der Waals surface area (Å²) in [5.41, 5.74) is 0. The lowest BCUT2D eigenvalue weighted by atomic mass is 10.3. The first-order chi connectivity index (χ1) is 8.65. The van der Waals surface area contributed by atoms with Crippen LogP contribution in [0.15, 0.2) is 24.3 Å². The SMILES string of the molecule is CCC[N+](CC)(CC)C[CH]Oc1ccc(Cl)cc1. The van der Waals surface area contributed by atoms with Crippen molar-refractivity contribution in [1.29, 1.82) is 0 Å². The van der Waals surface area contributed by atoms with Crippen LogP contribution in [0.2, 0.25) is 5.02 Å². The van der Waals surface area contributed by atoms with E-state index in [2.05, 4.69) is 20.8 Å². The summed E-state index contributed by atoms with van der Waals surface area (Å²) >= 11 is 5.84. The van der Waals surface area contributed by atoms with Crippen LogP contribution in [0.5, 0.6) is 5.75 Å². The highest BCUT2D eigenvalue weighted by atomic mass is 35.5. The molecule has 2 nitrogen and oxygen atoms in total. The molecule has 0 unspecified atom stereocenters. The third-order valence-corrected chi connectivity index (χ3v) is 3.79. The van der Waals surface area contributed by atoms with Crippen LogP contribution in [-0.4, -0.2) is 30.7 Å². The Bertz CT molecular complexity index is 333. The molecule has 0 N–H and O–H groups in total. The van der Waals surface area contributed by atoms with E-state index in [-0.39, 0.29) is 0 Å². The lowest BCUT2D eigenvalue weighted by molar-refractivity contribution is -0.922. The van der Waals surface area contributed by atoms with Crippen molar-refractivity contribution >= 4 is 11.6 Å². The molecule has 0 saturated carbocycles. The van der Waals surface area contributed by atoms with Crippen LogP contribution in [0.3, 0.4) is 0 Å². The van der Waals surface area contributed by atoms with Gasteiger partial charge in [0, 0.05) is 5.02 Å². The minimum atomic E-state index is 0.737. The summed E-state index contributed by atoms with van der Waals surface area (Å²) in [6.45, 7) is 13.1. The second-order valence-electron chi connectivity index (χ2n) is 4.62. The molecule has 0 aliphatic rings. The summed E-state index contributed by atoms with van der Waals surface area (Å²) in [6, 6.07) is 7.48. The standard InChI is InChI=1S/C15H24ClNO/c1-4-11-17(5-2,6-3)12-13-18-15-9-7-14(16)8-10-15/h7-10,13H,4-6,11-12H2,1-3H3/q+1. The van der Waals surface area contributed by atoms with Crippen LogP contribution in [-0.2, 0) is 0 Å². The number of ether oxygens (including phenoxy) is 1. The maximum absolute atomic E-state index is 5.84. The molecule has 0 aromatic heterocycles. The molecule has 3 heteroatoms. The van der Waals surface area contributed by atoms with E-state index in [1.165, 1.54) is 13.0 Å². The van der Waals surface area contributed by atoms with Crippen molar-refractivity contribution in [2.75, 3.05) is 26.2 Å². The number of nitrogens with zero attached hydrogens (tertiary/aromatic N) is 1. The number of likely N-dealkylation sites (N-methyl/N-ethyl adjacent to an activating group) is 1. The maximum atomic E-state index is 5.84. The average Bonchev–Trinajstić information content (AvgIpc) is 2.40. The van der Waals surface area contributed by atoms with Crippen molar-refractivity contribution in [1.82, 2.24) is 0 Å². The molecule has 0 amide bonds. The lowest BCUT2D eigenvalue weighted by Gasteiger charge is -2.36. The van der Waals surface area contributed by atoms with Gasteiger partial charge >= 0.3 is 0 Å². The molecular weight excluding hydrogens is 246 g/mol. The van der Waals surface area contributed by atoms with E-state index in [0.29, 0.717) is 0 Å². The molecule has 0 atom stereocenters. The van der Waals surface area contributed by atoms with Gasteiger partial charge in [0.1, 0.15) is 12.3 Å². The van der Waals surface area contributed by atoms with E-state index in [4.69, 9.17) is 16.3 Å². The normalized spacial score (nSPS) is 11.6. The number of halogens is 1. The molecule has 0 spiro atoms. The van der Waals surface area contributed by atoms with E-state index in [1.54, 1.807) is 0 Å². The van der Waals surface area contributed by atoms with Gasteiger partial charge in [0.25, 0.3) is 0 Å². The Labute approximate surface area is 116 Å². The summed E-state index contributed by atoms with van der Waals surface area (Å²) < 4.78 is 6.75. The van der Waals surface area contributed by atoms with Crippen LogP contribution in [0, 0.1) is 6.61 Å². The van der Waals surface area contributed by atoms with E-state index in [9.17, 15) is 0 Å². The highest BCUT2D eigenvalue weighted by molar-refractivity contribution is 6.30. The lowest BCUT2D eigenvalue weighted by Crippen LogP contribution is -2.49. The van der Waals surface area contributed by atoms with Crippen LogP contribution in [0.1, 0.15) is 27.2 Å². The number of rotatable bonds is 8. The summed E-state index contributed by atoms with van der Waals surface area (Å²) in [4.78, 5) is 0. The Morgan fingerprint density at radius 3 is 2.22 bits per heavy atom. The second kappa shape index (κ2) is 7.65. The van der Waals surface area contributed by atoms with Crippen LogP contribution >= 0.6 is 11.6 Å². The fourth-order valence-corrected chi connectivity index (χ4v) is 2.29. The number of benzene rings is 1. The Morgan fingerprint density at radius 2 is 1.72 bits per heavy atom. The second-order valence-corrected chi connectivity index (χ2v) is 5.06. The number of hydrogen-bond donors (Lipinski definition) is 0. The van der Waals surface area contributed by atoms with Gasteiger partial charge in [-0.15, -0.1) is 0 Å². The zero-order valence-electron chi connectivity index (χ0n) is 11.7. The predicted octanol–water partition coefficient (Wildman–Crippen LogP) is 4.15. The van der Waals surface area contributed by atoms with Gasteiger partial charge in [0.05, 0.1) is 19.6 Å². The van der Waals surface area contributed by atoms with Crippen molar-refractivity contribution in [3.8, 4) is 5.75 Å². The van der Waals surface area contributed by atoms with Gasteiger partial charge in [0.15, 0.2) is 6.61 Å². The quantitative estimate of drug-likeness (QED) is 0.645. The zero-order chi connectivity index (χ0) is 13.4. The monoisotopic (exact) mass is 269 g/mol. The Balaban J connectivity index is 2.45. The molecule has 1 rings (SSSR count). The third-order valence-electron chi connectivity index (χ3n) is 3.53. The van der Waals surface area contributed by atoms with Crippen LogP contribution < -0.4 is 4.74 Å². The first kappa shape index (κ1) is 15.3. The summed E-state index contributed by atoms with van der Waals surface area (Å²) in [7, 11) is 0. The smallest absolute Gasteiger partial charge is 0.189 e. The predicted molar refractivity (Wildman–Crippen MR) is 77.7 cm³/mol. The van der Waals surface area contributed by atoms with E-state index >= 15 is 0 Å². The molecule has 0 bridgehead atoms. The summed E-state index contributed by atoms with van der Waals surface area (Å²) in [5, 5.41) is 0.737. The van der Waals surface area contributed by atoms with Crippen molar-refractivity contribution in [3.05, 3.63) is 35.9 Å². The Hall–Kier alpha value is -0.730. The minimum absolute atomic E-state index is 0.737. The van der Waals surface area contributed by atoms with Crippen molar-refractivity contribution in [2.45, 2.75) is 27.2 Å². The summed E-state index contributed by atoms with van der Waals surface area (Å²) in [5.74, 6) is 0.848. The van der Waals surface area contributed by atoms with Crippen molar-refractivity contribution < 1.29 is 9.22 Å². The number of hydrogen-bond acceptors (Lipinski definition) is 1. The van der Waals surface area contributed by atoms with Crippen molar-refractivity contribution in [3.63, 3.8) is 0 Å².